The Labute approximate surface area is 250 Å². The van der Waals surface area contributed by atoms with Crippen molar-refractivity contribution in [2.45, 2.75) is 92.2 Å². The Kier molecular flexibility index (Phi) is 14.4. The van der Waals surface area contributed by atoms with Crippen molar-refractivity contribution in [3.05, 3.63) is 47.5 Å². The van der Waals surface area contributed by atoms with Crippen molar-refractivity contribution in [2.24, 2.45) is 5.41 Å². The Balaban J connectivity index is 2.90. The molecular formula is C32H49N3O7. The van der Waals surface area contributed by atoms with E-state index in [2.05, 4.69) is 10.6 Å². The Hall–Kier alpha value is -3.69. The van der Waals surface area contributed by atoms with E-state index < -0.39 is 40.8 Å². The van der Waals surface area contributed by atoms with Crippen LogP contribution in [0, 0.1) is 5.41 Å². The zero-order chi connectivity index (χ0) is 32.1. The molecule has 0 spiro atoms. The largest absolute Gasteiger partial charge is 0.466 e. The van der Waals surface area contributed by atoms with E-state index in [-0.39, 0.29) is 56.4 Å². The third-order valence-electron chi connectivity index (χ3n) is 6.80. The maximum Gasteiger partial charge on any atom is 0.328 e. The van der Waals surface area contributed by atoms with E-state index in [0.29, 0.717) is 0 Å². The van der Waals surface area contributed by atoms with Crippen LogP contribution in [-0.4, -0.2) is 73.4 Å². The van der Waals surface area contributed by atoms with Gasteiger partial charge in [-0.25, -0.2) is 4.79 Å². The molecule has 234 valence electrons. The molecule has 0 radical (unpaired) electrons. The van der Waals surface area contributed by atoms with Gasteiger partial charge in [0.05, 0.1) is 13.2 Å². The first-order chi connectivity index (χ1) is 19.5. The van der Waals surface area contributed by atoms with Crippen molar-refractivity contribution in [3.8, 4) is 0 Å². The van der Waals surface area contributed by atoms with Gasteiger partial charge in [-0.2, -0.15) is 0 Å². The Morgan fingerprint density at radius 2 is 1.52 bits per heavy atom. The Bertz CT molecular complexity index is 1110. The van der Waals surface area contributed by atoms with Gasteiger partial charge in [0.2, 0.25) is 17.7 Å². The van der Waals surface area contributed by atoms with Gasteiger partial charge in [0, 0.05) is 32.0 Å². The zero-order valence-corrected chi connectivity index (χ0v) is 26.7. The number of esters is 2. The lowest BCUT2D eigenvalue weighted by atomic mass is 9.80. The second-order valence-corrected chi connectivity index (χ2v) is 12.0. The van der Waals surface area contributed by atoms with E-state index in [0.717, 1.165) is 5.56 Å². The molecule has 1 aromatic carbocycles. The molecule has 0 fully saturated rings. The molecule has 42 heavy (non-hydrogen) atoms. The minimum Gasteiger partial charge on any atom is -0.466 e. The number of carbonyl (C=O) groups is 5. The van der Waals surface area contributed by atoms with E-state index in [9.17, 15) is 24.0 Å². The van der Waals surface area contributed by atoms with Gasteiger partial charge in [-0.3, -0.25) is 19.2 Å². The summed E-state index contributed by atoms with van der Waals surface area (Å²) in [6, 6.07) is 7.93. The summed E-state index contributed by atoms with van der Waals surface area (Å²) in [6.07, 6.45) is 1.75. The number of amides is 3. The van der Waals surface area contributed by atoms with Crippen LogP contribution in [0.3, 0.4) is 0 Å². The number of nitrogens with zero attached hydrogens (tertiary/aromatic N) is 1. The highest BCUT2D eigenvalue weighted by Gasteiger charge is 2.36. The minimum absolute atomic E-state index is 0.0309. The molecule has 0 aliphatic heterocycles. The fourth-order valence-electron chi connectivity index (χ4n) is 4.19. The molecule has 10 nitrogen and oxygen atoms in total. The smallest absolute Gasteiger partial charge is 0.328 e. The quantitative estimate of drug-likeness (QED) is 0.236. The molecule has 2 N–H and O–H groups in total. The molecule has 1 rings (SSSR count). The van der Waals surface area contributed by atoms with Crippen LogP contribution in [0.5, 0.6) is 0 Å². The maximum atomic E-state index is 13.5. The van der Waals surface area contributed by atoms with Crippen molar-refractivity contribution in [2.75, 3.05) is 26.8 Å². The molecule has 0 heterocycles. The van der Waals surface area contributed by atoms with Gasteiger partial charge >= 0.3 is 11.9 Å². The summed E-state index contributed by atoms with van der Waals surface area (Å²) in [4.78, 5) is 64.9. The van der Waals surface area contributed by atoms with Gasteiger partial charge in [-0.1, -0.05) is 71.0 Å². The van der Waals surface area contributed by atoms with Crippen molar-refractivity contribution in [3.63, 3.8) is 0 Å². The van der Waals surface area contributed by atoms with Crippen molar-refractivity contribution >= 4 is 29.7 Å². The molecule has 0 saturated heterocycles. The lowest BCUT2D eigenvalue weighted by molar-refractivity contribution is -0.148. The lowest BCUT2D eigenvalue weighted by Gasteiger charge is -2.34. The summed E-state index contributed by atoms with van der Waals surface area (Å²) in [7, 11) is 1.60. The first-order valence-corrected chi connectivity index (χ1v) is 14.4. The SMILES string of the molecule is CCOC(=O)CC[C@@H](NC(=O)/C(C)=C/CN(C)C(=O)[C@@H](NC(=O)CC(C)(C)c1ccccc1)C(C)(C)C)C(=O)OCC. The first kappa shape index (κ1) is 36.3. The summed E-state index contributed by atoms with van der Waals surface area (Å²) in [5, 5.41) is 5.55. The third-order valence-corrected chi connectivity index (χ3v) is 6.80. The average molecular weight is 588 g/mol. The summed E-state index contributed by atoms with van der Waals surface area (Å²) >= 11 is 0. The van der Waals surface area contributed by atoms with E-state index in [1.807, 2.05) is 65.0 Å². The number of rotatable bonds is 15. The monoisotopic (exact) mass is 587 g/mol. The van der Waals surface area contributed by atoms with Gasteiger partial charge < -0.3 is 25.0 Å². The van der Waals surface area contributed by atoms with Crippen LogP contribution in [0.1, 0.15) is 80.2 Å². The highest BCUT2D eigenvalue weighted by atomic mass is 16.5. The number of ether oxygens (including phenoxy) is 2. The third kappa shape index (κ3) is 12.0. The van der Waals surface area contributed by atoms with Gasteiger partial charge in [0.15, 0.2) is 0 Å². The Morgan fingerprint density at radius 3 is 2.07 bits per heavy atom. The highest BCUT2D eigenvalue weighted by molar-refractivity contribution is 5.96. The summed E-state index contributed by atoms with van der Waals surface area (Å²) in [5.74, 6) is -2.17. The second kappa shape index (κ2) is 16.7. The molecule has 1 aromatic rings. The van der Waals surface area contributed by atoms with Crippen LogP contribution < -0.4 is 10.6 Å². The summed E-state index contributed by atoms with van der Waals surface area (Å²) < 4.78 is 9.94. The number of likely N-dealkylation sites (N-methyl/N-ethyl adjacent to an activating group) is 1. The van der Waals surface area contributed by atoms with E-state index in [1.165, 1.54) is 4.90 Å². The number of benzene rings is 1. The van der Waals surface area contributed by atoms with Crippen molar-refractivity contribution in [1.29, 1.82) is 0 Å². The van der Waals surface area contributed by atoms with Crippen LogP contribution in [-0.2, 0) is 38.9 Å². The predicted octanol–water partition coefficient (Wildman–Crippen LogP) is 3.68. The number of carbonyl (C=O) groups excluding carboxylic acids is 5. The van der Waals surface area contributed by atoms with Crippen molar-refractivity contribution < 1.29 is 33.4 Å². The number of hydrogen-bond donors (Lipinski definition) is 2. The van der Waals surface area contributed by atoms with Crippen LogP contribution in [0.15, 0.2) is 42.0 Å². The molecule has 3 amide bonds. The van der Waals surface area contributed by atoms with E-state index in [4.69, 9.17) is 9.47 Å². The molecule has 0 aliphatic carbocycles. The zero-order valence-electron chi connectivity index (χ0n) is 26.7. The summed E-state index contributed by atoms with van der Waals surface area (Å²) in [6.45, 7) is 15.0. The standard InChI is InChI=1S/C32H49N3O7/c1-10-41-26(37)18-17-24(30(40)42-11-2)33-28(38)22(3)19-20-35(9)29(39)27(31(4,5)6)34-25(36)21-32(7,8)23-15-13-12-14-16-23/h12-16,19,24,27H,10-11,17-18,20-21H2,1-9H3,(H,33,38)(H,34,36)/b22-19+/t24-,27-/m1/s1. The average Bonchev–Trinajstić information content (AvgIpc) is 2.91. The van der Waals surface area contributed by atoms with Crippen LogP contribution in [0.25, 0.3) is 0 Å². The van der Waals surface area contributed by atoms with Gasteiger partial charge in [0.25, 0.3) is 0 Å². The second-order valence-electron chi connectivity index (χ2n) is 12.0. The number of hydrogen-bond acceptors (Lipinski definition) is 7. The Morgan fingerprint density at radius 1 is 0.929 bits per heavy atom. The molecule has 0 bridgehead atoms. The molecule has 0 aromatic heterocycles. The minimum atomic E-state index is -1.02. The van der Waals surface area contributed by atoms with Gasteiger partial charge in [-0.15, -0.1) is 0 Å². The van der Waals surface area contributed by atoms with Crippen LogP contribution in [0.2, 0.25) is 0 Å². The fraction of sp³-hybridized carbons (Fsp3) is 0.594. The van der Waals surface area contributed by atoms with E-state index in [1.54, 1.807) is 33.9 Å². The normalized spacial score (nSPS) is 13.4. The first-order valence-electron chi connectivity index (χ1n) is 14.4. The predicted molar refractivity (Wildman–Crippen MR) is 161 cm³/mol. The topological polar surface area (TPSA) is 131 Å². The van der Waals surface area contributed by atoms with Crippen molar-refractivity contribution in [1.82, 2.24) is 15.5 Å². The molecule has 0 unspecified atom stereocenters. The van der Waals surface area contributed by atoms with Crippen LogP contribution >= 0.6 is 0 Å². The van der Waals surface area contributed by atoms with Crippen LogP contribution in [0.4, 0.5) is 0 Å². The molecule has 10 heteroatoms. The molecular weight excluding hydrogens is 538 g/mol. The van der Waals surface area contributed by atoms with E-state index >= 15 is 0 Å². The maximum absolute atomic E-state index is 13.5. The van der Waals surface area contributed by atoms with Gasteiger partial charge in [-0.05, 0) is 43.6 Å². The molecule has 0 saturated carbocycles. The van der Waals surface area contributed by atoms with Gasteiger partial charge in [0.1, 0.15) is 12.1 Å². The lowest BCUT2D eigenvalue weighted by Crippen LogP contribution is -2.54. The molecule has 2 atom stereocenters. The molecule has 0 aliphatic rings. The fourth-order valence-corrected chi connectivity index (χ4v) is 4.19. The highest BCUT2D eigenvalue weighted by Crippen LogP contribution is 2.28. The summed E-state index contributed by atoms with van der Waals surface area (Å²) in [5.41, 5.74) is 0.315. The number of nitrogens with one attached hydrogen (secondary N) is 2.